The van der Waals surface area contributed by atoms with Crippen molar-refractivity contribution in [1.29, 1.82) is 0 Å². The average Bonchev–Trinajstić information content (AvgIpc) is 2.87. The van der Waals surface area contributed by atoms with Crippen LogP contribution in [0.5, 0.6) is 0 Å². The van der Waals surface area contributed by atoms with E-state index < -0.39 is 0 Å². The summed E-state index contributed by atoms with van der Waals surface area (Å²) in [6.45, 7) is 8.95. The average molecular weight is 294 g/mol. The Balaban J connectivity index is 2.27. The Morgan fingerprint density at radius 3 is 2.70 bits per heavy atom. The highest BCUT2D eigenvalue weighted by atomic mass is 32.1. The van der Waals surface area contributed by atoms with E-state index >= 15 is 0 Å². The fourth-order valence-electron chi connectivity index (χ4n) is 2.02. The minimum Gasteiger partial charge on any atom is -0.397 e. The molecule has 2 aromatic rings. The number of nitrogen functional groups attached to an aromatic ring is 1. The summed E-state index contributed by atoms with van der Waals surface area (Å²) in [6, 6.07) is 0. The van der Waals surface area contributed by atoms with E-state index in [0.29, 0.717) is 17.1 Å². The van der Waals surface area contributed by atoms with E-state index in [1.807, 2.05) is 14.0 Å². The van der Waals surface area contributed by atoms with E-state index in [2.05, 4.69) is 31.2 Å². The number of nitrogens with one attached hydrogen (secondary N) is 1. The van der Waals surface area contributed by atoms with Gasteiger partial charge in [0.2, 0.25) is 0 Å². The topological polar surface area (TPSA) is 72.9 Å². The maximum absolute atomic E-state index is 12.3. The molecule has 0 aliphatic rings. The number of anilines is 1. The number of fused-ring (bicyclic) bond motifs is 1. The number of carbonyl (C=O) groups is 1. The van der Waals surface area contributed by atoms with Crippen LogP contribution in [0, 0.1) is 12.3 Å². The lowest BCUT2D eigenvalue weighted by atomic mass is 9.90. The third-order valence-electron chi connectivity index (χ3n) is 3.77. The molecule has 0 saturated carbocycles. The maximum Gasteiger partial charge on any atom is 0.263 e. The van der Waals surface area contributed by atoms with Gasteiger partial charge in [-0.15, -0.1) is 11.3 Å². The Bertz CT molecular complexity index is 654. The molecule has 0 spiro atoms. The van der Waals surface area contributed by atoms with Crippen molar-refractivity contribution in [3.8, 4) is 0 Å². The number of rotatable bonds is 4. The molecule has 2 aromatic heterocycles. The summed E-state index contributed by atoms with van der Waals surface area (Å²) in [4.78, 5) is 13.8. The van der Waals surface area contributed by atoms with Crippen LogP contribution < -0.4 is 11.1 Å². The summed E-state index contributed by atoms with van der Waals surface area (Å²) in [6.07, 6.45) is 1.01. The summed E-state index contributed by atoms with van der Waals surface area (Å²) in [5.41, 5.74) is 7.63. The van der Waals surface area contributed by atoms with Gasteiger partial charge in [-0.05, 0) is 18.8 Å². The molecule has 2 rings (SSSR count). The molecule has 0 saturated heterocycles. The Morgan fingerprint density at radius 1 is 1.50 bits per heavy atom. The first-order chi connectivity index (χ1) is 9.26. The Hall–Kier alpha value is -1.56. The quantitative estimate of drug-likeness (QED) is 0.910. The molecule has 0 aliphatic heterocycles. The van der Waals surface area contributed by atoms with Gasteiger partial charge >= 0.3 is 0 Å². The summed E-state index contributed by atoms with van der Waals surface area (Å²) >= 11 is 1.40. The molecule has 2 heterocycles. The number of hydrogen-bond donors (Lipinski definition) is 2. The normalized spacial score (nSPS) is 12.1. The summed E-state index contributed by atoms with van der Waals surface area (Å²) in [5, 5.41) is 8.21. The zero-order valence-electron chi connectivity index (χ0n) is 12.7. The lowest BCUT2D eigenvalue weighted by Crippen LogP contribution is -2.33. The Kier molecular flexibility index (Phi) is 3.77. The van der Waals surface area contributed by atoms with Gasteiger partial charge in [-0.3, -0.25) is 9.48 Å². The smallest absolute Gasteiger partial charge is 0.263 e. The number of thiophene rings is 1. The monoisotopic (exact) mass is 294 g/mol. The van der Waals surface area contributed by atoms with E-state index in [9.17, 15) is 4.79 Å². The Labute approximate surface area is 123 Å². The zero-order valence-corrected chi connectivity index (χ0v) is 13.5. The number of carbonyl (C=O) groups excluding carboxylic acids is 1. The van der Waals surface area contributed by atoms with Crippen LogP contribution in [0.15, 0.2) is 0 Å². The number of amides is 1. The highest BCUT2D eigenvalue weighted by Gasteiger charge is 2.22. The van der Waals surface area contributed by atoms with E-state index in [1.54, 1.807) is 4.68 Å². The van der Waals surface area contributed by atoms with Gasteiger partial charge < -0.3 is 11.1 Å². The van der Waals surface area contributed by atoms with E-state index in [-0.39, 0.29) is 11.3 Å². The molecule has 0 atom stereocenters. The number of aromatic nitrogens is 2. The van der Waals surface area contributed by atoms with Crippen molar-refractivity contribution >= 4 is 33.1 Å². The lowest BCUT2D eigenvalue weighted by molar-refractivity contribution is 0.0940. The first-order valence-electron chi connectivity index (χ1n) is 6.76. The number of hydrogen-bond acceptors (Lipinski definition) is 4. The molecular weight excluding hydrogens is 272 g/mol. The standard InChI is InChI=1S/C14H22N4OS/c1-6-14(3,4)7-16-12(19)11-10(15)9-8(2)17-18(5)13(9)20-11/h6-7,15H2,1-5H3,(H,16,19). The molecule has 0 unspecified atom stereocenters. The van der Waals surface area contributed by atoms with E-state index in [0.717, 1.165) is 22.3 Å². The third kappa shape index (κ3) is 2.52. The summed E-state index contributed by atoms with van der Waals surface area (Å²) in [5.74, 6) is -0.0929. The zero-order chi connectivity index (χ0) is 15.1. The molecule has 1 amide bonds. The SMILES string of the molecule is CCC(C)(C)CNC(=O)c1sc2c(c(C)nn2C)c1N. The van der Waals surface area contributed by atoms with Crippen molar-refractivity contribution in [1.82, 2.24) is 15.1 Å². The first kappa shape index (κ1) is 14.8. The van der Waals surface area contributed by atoms with E-state index in [4.69, 9.17) is 5.73 Å². The second-order valence-corrected chi connectivity index (χ2v) is 6.93. The lowest BCUT2D eigenvalue weighted by Gasteiger charge is -2.22. The highest BCUT2D eigenvalue weighted by molar-refractivity contribution is 7.21. The second kappa shape index (κ2) is 5.09. The van der Waals surface area contributed by atoms with Crippen molar-refractivity contribution in [2.75, 3.05) is 12.3 Å². The van der Waals surface area contributed by atoms with Crippen molar-refractivity contribution in [2.24, 2.45) is 12.5 Å². The minimum atomic E-state index is -0.0929. The highest BCUT2D eigenvalue weighted by Crippen LogP contribution is 2.35. The van der Waals surface area contributed by atoms with Gasteiger partial charge in [0.15, 0.2) is 0 Å². The van der Waals surface area contributed by atoms with Crippen molar-refractivity contribution in [3.63, 3.8) is 0 Å². The van der Waals surface area contributed by atoms with Crippen LogP contribution in [0.2, 0.25) is 0 Å². The molecule has 5 nitrogen and oxygen atoms in total. The van der Waals surface area contributed by atoms with Crippen LogP contribution in [0.25, 0.3) is 10.2 Å². The molecule has 3 N–H and O–H groups in total. The van der Waals surface area contributed by atoms with Gasteiger partial charge in [0.05, 0.1) is 16.8 Å². The van der Waals surface area contributed by atoms with E-state index in [1.165, 1.54) is 11.3 Å². The fourth-order valence-corrected chi connectivity index (χ4v) is 3.13. The van der Waals surface area contributed by atoms with Crippen molar-refractivity contribution in [3.05, 3.63) is 10.6 Å². The van der Waals surface area contributed by atoms with Gasteiger partial charge in [-0.2, -0.15) is 5.10 Å². The van der Waals surface area contributed by atoms with Crippen LogP contribution >= 0.6 is 11.3 Å². The molecule has 0 bridgehead atoms. The summed E-state index contributed by atoms with van der Waals surface area (Å²) in [7, 11) is 1.87. The molecule has 110 valence electrons. The van der Waals surface area contributed by atoms with Gasteiger partial charge in [-0.25, -0.2) is 0 Å². The largest absolute Gasteiger partial charge is 0.397 e. The summed E-state index contributed by atoms with van der Waals surface area (Å²) < 4.78 is 1.78. The first-order valence-corrected chi connectivity index (χ1v) is 7.58. The molecule has 20 heavy (non-hydrogen) atoms. The van der Waals surface area contributed by atoms with Gasteiger partial charge in [-0.1, -0.05) is 20.8 Å². The van der Waals surface area contributed by atoms with Gasteiger partial charge in [0, 0.05) is 13.6 Å². The van der Waals surface area contributed by atoms with Gasteiger partial charge in [0.1, 0.15) is 9.71 Å². The van der Waals surface area contributed by atoms with Crippen LogP contribution in [0.1, 0.15) is 42.6 Å². The molecule has 0 radical (unpaired) electrons. The number of aryl methyl sites for hydroxylation is 2. The maximum atomic E-state index is 12.3. The minimum absolute atomic E-state index is 0.0929. The number of nitrogens with zero attached hydrogens (tertiary/aromatic N) is 2. The fraction of sp³-hybridized carbons (Fsp3) is 0.571. The van der Waals surface area contributed by atoms with Crippen LogP contribution in [-0.4, -0.2) is 22.2 Å². The third-order valence-corrected chi connectivity index (χ3v) is 5.04. The predicted molar refractivity (Wildman–Crippen MR) is 84.1 cm³/mol. The molecule has 0 fully saturated rings. The molecule has 6 heteroatoms. The molecular formula is C14H22N4OS. The van der Waals surface area contributed by atoms with Crippen LogP contribution in [0.3, 0.4) is 0 Å². The predicted octanol–water partition coefficient (Wildman–Crippen LogP) is 2.69. The molecule has 0 aromatic carbocycles. The van der Waals surface area contributed by atoms with Crippen molar-refractivity contribution < 1.29 is 4.79 Å². The van der Waals surface area contributed by atoms with Crippen molar-refractivity contribution in [2.45, 2.75) is 34.1 Å². The molecule has 0 aliphatic carbocycles. The van der Waals surface area contributed by atoms with Crippen LogP contribution in [-0.2, 0) is 7.05 Å². The van der Waals surface area contributed by atoms with Gasteiger partial charge in [0.25, 0.3) is 5.91 Å². The Morgan fingerprint density at radius 2 is 2.15 bits per heavy atom. The number of nitrogens with two attached hydrogens (primary N) is 1. The van der Waals surface area contributed by atoms with Crippen LogP contribution in [0.4, 0.5) is 5.69 Å². The second-order valence-electron chi connectivity index (χ2n) is 5.93.